The molecule has 1 atom stereocenters. The van der Waals surface area contributed by atoms with Crippen LogP contribution in [0.1, 0.15) is 17.4 Å². The van der Waals surface area contributed by atoms with Crippen LogP contribution in [0.5, 0.6) is 5.75 Å². The number of pyridine rings is 1. The predicted octanol–water partition coefficient (Wildman–Crippen LogP) is 4.43. The molecule has 0 amide bonds. The number of aliphatic hydroxyl groups excluding tert-OH is 1. The summed E-state index contributed by atoms with van der Waals surface area (Å²) in [5, 5.41) is 20.9. The monoisotopic (exact) mass is 387 g/mol. The van der Waals surface area contributed by atoms with Crippen LogP contribution in [-0.2, 0) is 0 Å². The Kier molecular flexibility index (Phi) is 4.97. The zero-order chi connectivity index (χ0) is 20.4. The Hall–Kier alpha value is -3.70. The van der Waals surface area contributed by atoms with E-state index in [4.69, 9.17) is 0 Å². The third-order valence-corrected chi connectivity index (χ3v) is 4.76. The highest BCUT2D eigenvalue weighted by Crippen LogP contribution is 2.27. The Morgan fingerprint density at radius 2 is 1.52 bits per heavy atom. The molecule has 0 aliphatic heterocycles. The maximum atomic E-state index is 13.2. The summed E-state index contributed by atoms with van der Waals surface area (Å²) in [7, 11) is 0. The number of hydrogen-bond donors (Lipinski definition) is 2. The second-order valence-corrected chi connectivity index (χ2v) is 6.69. The van der Waals surface area contributed by atoms with Gasteiger partial charge in [0.25, 0.3) is 0 Å². The molecule has 4 nitrogen and oxygen atoms in total. The topological polar surface area (TPSA) is 62.5 Å². The minimum Gasteiger partial charge on any atom is -0.503 e. The highest BCUT2D eigenvalue weighted by molar-refractivity contribution is 5.66. The number of hydrogen-bond acceptors (Lipinski definition) is 3. The molecule has 1 unspecified atom stereocenters. The van der Waals surface area contributed by atoms with E-state index >= 15 is 0 Å². The molecule has 0 bridgehead atoms. The van der Waals surface area contributed by atoms with Gasteiger partial charge in [-0.25, -0.2) is 4.39 Å². The van der Waals surface area contributed by atoms with Crippen LogP contribution < -0.4 is 5.43 Å². The van der Waals surface area contributed by atoms with E-state index in [1.807, 2.05) is 54.6 Å². The largest absolute Gasteiger partial charge is 0.503 e. The molecule has 0 saturated heterocycles. The molecule has 0 aliphatic carbocycles. The molecule has 2 N–H and O–H groups in total. The molecule has 1 aromatic heterocycles. The van der Waals surface area contributed by atoms with E-state index in [2.05, 4.69) is 0 Å². The van der Waals surface area contributed by atoms with Crippen LogP contribution in [0.3, 0.4) is 0 Å². The van der Waals surface area contributed by atoms with Crippen LogP contribution in [-0.4, -0.2) is 14.8 Å². The van der Waals surface area contributed by atoms with Crippen LogP contribution in [0.25, 0.3) is 16.8 Å². The maximum Gasteiger partial charge on any atom is 0.223 e. The average molecular weight is 387 g/mol. The lowest BCUT2D eigenvalue weighted by Crippen LogP contribution is -2.15. The van der Waals surface area contributed by atoms with E-state index in [1.54, 1.807) is 4.57 Å². The Bertz CT molecular complexity index is 1200. The van der Waals surface area contributed by atoms with Crippen molar-refractivity contribution in [2.75, 3.05) is 0 Å². The molecule has 4 rings (SSSR count). The molecular formula is C24H18FNO3. The summed E-state index contributed by atoms with van der Waals surface area (Å²) in [6, 6.07) is 23.9. The van der Waals surface area contributed by atoms with E-state index in [0.717, 1.165) is 11.1 Å². The van der Waals surface area contributed by atoms with E-state index in [-0.39, 0.29) is 5.69 Å². The van der Waals surface area contributed by atoms with Gasteiger partial charge in [-0.2, -0.15) is 0 Å². The summed E-state index contributed by atoms with van der Waals surface area (Å²) < 4.78 is 14.8. The fraction of sp³-hybridized carbons (Fsp3) is 0.0417. The zero-order valence-electron chi connectivity index (χ0n) is 15.4. The predicted molar refractivity (Wildman–Crippen MR) is 110 cm³/mol. The number of benzene rings is 3. The molecule has 0 fully saturated rings. The minimum atomic E-state index is -1.18. The first-order valence-electron chi connectivity index (χ1n) is 9.08. The van der Waals surface area contributed by atoms with Gasteiger partial charge in [-0.15, -0.1) is 0 Å². The first-order valence-corrected chi connectivity index (χ1v) is 9.08. The van der Waals surface area contributed by atoms with Crippen LogP contribution >= 0.6 is 0 Å². The first kappa shape index (κ1) is 18.7. The zero-order valence-corrected chi connectivity index (χ0v) is 15.4. The van der Waals surface area contributed by atoms with Gasteiger partial charge in [0, 0.05) is 11.8 Å². The molecule has 0 aliphatic rings. The summed E-state index contributed by atoms with van der Waals surface area (Å²) in [4.78, 5) is 12.1. The fourth-order valence-electron chi connectivity index (χ4n) is 3.25. The lowest BCUT2D eigenvalue weighted by Gasteiger charge is -2.19. The van der Waals surface area contributed by atoms with Gasteiger partial charge in [0.15, 0.2) is 5.75 Å². The maximum absolute atomic E-state index is 13.2. The number of aromatic hydroxyl groups is 1. The molecule has 1 heterocycles. The third kappa shape index (κ3) is 3.81. The van der Waals surface area contributed by atoms with E-state index in [0.29, 0.717) is 11.3 Å². The van der Waals surface area contributed by atoms with Gasteiger partial charge in [0.05, 0.1) is 11.9 Å². The normalized spacial score (nSPS) is 11.9. The van der Waals surface area contributed by atoms with Crippen LogP contribution in [0.2, 0.25) is 0 Å². The Labute approximate surface area is 166 Å². The van der Waals surface area contributed by atoms with E-state index < -0.39 is 23.1 Å². The van der Waals surface area contributed by atoms with Crippen molar-refractivity contribution in [2.24, 2.45) is 0 Å². The van der Waals surface area contributed by atoms with Crippen LogP contribution in [0.4, 0.5) is 4.39 Å². The minimum absolute atomic E-state index is 0.268. The first-order chi connectivity index (χ1) is 14.0. The fourth-order valence-corrected chi connectivity index (χ4v) is 3.25. The van der Waals surface area contributed by atoms with Gasteiger partial charge < -0.3 is 14.8 Å². The molecular weight excluding hydrogens is 369 g/mol. The van der Waals surface area contributed by atoms with Gasteiger partial charge in [0.2, 0.25) is 5.43 Å². The molecule has 5 heteroatoms. The van der Waals surface area contributed by atoms with Crippen molar-refractivity contribution < 1.29 is 14.6 Å². The summed E-state index contributed by atoms with van der Waals surface area (Å²) in [6.45, 7) is 0. The molecule has 3 aromatic carbocycles. The summed E-state index contributed by atoms with van der Waals surface area (Å²) in [5.41, 5.74) is 2.73. The number of nitrogens with zero attached hydrogens (tertiary/aromatic N) is 1. The third-order valence-electron chi connectivity index (χ3n) is 4.76. The van der Waals surface area contributed by atoms with Crippen molar-refractivity contribution in [3.63, 3.8) is 0 Å². The van der Waals surface area contributed by atoms with Crippen molar-refractivity contribution in [2.45, 2.75) is 6.10 Å². The smallest absolute Gasteiger partial charge is 0.223 e. The standard InChI is InChI=1S/C24H18FNO3/c25-19-11-9-17(10-12-19)24(29)21-14-22(27)23(28)15-26(21)20-8-4-7-18(13-20)16-5-2-1-3-6-16/h1-15,24,28-29H. The summed E-state index contributed by atoms with van der Waals surface area (Å²) in [5.74, 6) is -0.843. The van der Waals surface area contributed by atoms with Crippen molar-refractivity contribution in [3.8, 4) is 22.6 Å². The Morgan fingerprint density at radius 1 is 0.828 bits per heavy atom. The highest BCUT2D eigenvalue weighted by atomic mass is 19.1. The van der Waals surface area contributed by atoms with Gasteiger partial charge >= 0.3 is 0 Å². The molecule has 0 saturated carbocycles. The molecule has 0 radical (unpaired) electrons. The summed E-state index contributed by atoms with van der Waals surface area (Å²) in [6.07, 6.45) is 0.110. The Balaban J connectivity index is 1.85. The molecule has 0 spiro atoms. The quantitative estimate of drug-likeness (QED) is 0.545. The van der Waals surface area contributed by atoms with Crippen LogP contribution in [0.15, 0.2) is 95.9 Å². The number of aromatic nitrogens is 1. The van der Waals surface area contributed by atoms with Crippen LogP contribution in [0, 0.1) is 5.82 Å². The average Bonchev–Trinajstić information content (AvgIpc) is 2.76. The second-order valence-electron chi connectivity index (χ2n) is 6.69. The van der Waals surface area contributed by atoms with Crippen molar-refractivity contribution >= 4 is 0 Å². The van der Waals surface area contributed by atoms with Gasteiger partial charge in [-0.05, 0) is 41.0 Å². The van der Waals surface area contributed by atoms with Crippen molar-refractivity contribution in [3.05, 3.63) is 118 Å². The van der Waals surface area contributed by atoms with Gasteiger partial charge in [-0.3, -0.25) is 4.79 Å². The second kappa shape index (κ2) is 7.73. The molecule has 29 heavy (non-hydrogen) atoms. The lowest BCUT2D eigenvalue weighted by atomic mass is 10.0. The number of rotatable bonds is 4. The van der Waals surface area contributed by atoms with E-state index in [1.165, 1.54) is 36.5 Å². The molecule has 4 aromatic rings. The Morgan fingerprint density at radius 3 is 2.24 bits per heavy atom. The lowest BCUT2D eigenvalue weighted by molar-refractivity contribution is 0.212. The number of aliphatic hydroxyl groups is 1. The van der Waals surface area contributed by atoms with Gasteiger partial charge in [0.1, 0.15) is 11.9 Å². The summed E-state index contributed by atoms with van der Waals surface area (Å²) >= 11 is 0. The van der Waals surface area contributed by atoms with Gasteiger partial charge in [-0.1, -0.05) is 54.6 Å². The number of halogens is 1. The van der Waals surface area contributed by atoms with Crippen molar-refractivity contribution in [1.29, 1.82) is 0 Å². The van der Waals surface area contributed by atoms with Crippen molar-refractivity contribution in [1.82, 2.24) is 4.57 Å². The highest BCUT2D eigenvalue weighted by Gasteiger charge is 2.18. The SMILES string of the molecule is O=c1cc(C(O)c2ccc(F)cc2)n(-c2cccc(-c3ccccc3)c2)cc1O. The molecule has 144 valence electrons. The van der Waals surface area contributed by atoms with E-state index in [9.17, 15) is 19.4 Å².